The molecule has 1 aliphatic rings. The van der Waals surface area contributed by atoms with E-state index in [0.717, 1.165) is 5.56 Å². The van der Waals surface area contributed by atoms with E-state index in [4.69, 9.17) is 4.84 Å². The number of nitrogens with zero attached hydrogens (tertiary/aromatic N) is 1. The van der Waals surface area contributed by atoms with E-state index in [1.807, 2.05) is 26.0 Å². The molecule has 0 radical (unpaired) electrons. The second-order valence-corrected chi connectivity index (χ2v) is 5.96. The molecule has 0 aromatic heterocycles. The van der Waals surface area contributed by atoms with Crippen LogP contribution in [0.3, 0.4) is 0 Å². The first-order valence-corrected chi connectivity index (χ1v) is 8.48. The predicted octanol–water partition coefficient (Wildman–Crippen LogP) is 3.71. The molecule has 1 aliphatic carbocycles. The van der Waals surface area contributed by atoms with Gasteiger partial charge in [-0.05, 0) is 37.0 Å². The maximum atomic E-state index is 12.6. The number of ketones is 1. The highest BCUT2D eigenvalue weighted by Crippen LogP contribution is 2.34. The number of amides is 1. The first-order chi connectivity index (χ1) is 12.0. The van der Waals surface area contributed by atoms with Gasteiger partial charge in [0.25, 0.3) is 0 Å². The molecule has 1 amide bonds. The van der Waals surface area contributed by atoms with E-state index in [1.165, 1.54) is 6.92 Å². The van der Waals surface area contributed by atoms with Crippen molar-refractivity contribution in [1.29, 1.82) is 0 Å². The zero-order valence-electron chi connectivity index (χ0n) is 14.8. The number of carbonyl (C=O) groups is 2. The molecule has 1 aromatic carbocycles. The molecule has 2 N–H and O–H groups in total. The molecule has 1 unspecified atom stereocenters. The zero-order valence-corrected chi connectivity index (χ0v) is 14.8. The summed E-state index contributed by atoms with van der Waals surface area (Å²) in [5.74, 6) is -0.285. The Morgan fingerprint density at radius 1 is 1.28 bits per heavy atom. The van der Waals surface area contributed by atoms with Gasteiger partial charge in [0, 0.05) is 25.5 Å². The molecule has 1 aromatic rings. The minimum Gasteiger partial charge on any atom is -0.511 e. The average Bonchev–Trinajstić information content (AvgIpc) is 2.57. The molecular formula is C19H24N2O4. The SMILES string of the molecule is CCON=C(CC)C1=C(O)CC(c2ccc(NC(C)=O)cc2)CC1=O. The smallest absolute Gasteiger partial charge is 0.221 e. The number of rotatable bonds is 6. The van der Waals surface area contributed by atoms with E-state index in [2.05, 4.69) is 10.5 Å². The number of anilines is 1. The monoisotopic (exact) mass is 344 g/mol. The lowest BCUT2D eigenvalue weighted by atomic mass is 9.81. The highest BCUT2D eigenvalue weighted by Gasteiger charge is 2.31. The van der Waals surface area contributed by atoms with Gasteiger partial charge in [0.2, 0.25) is 5.91 Å². The van der Waals surface area contributed by atoms with Crippen molar-refractivity contribution in [1.82, 2.24) is 0 Å². The van der Waals surface area contributed by atoms with E-state index >= 15 is 0 Å². The molecule has 0 saturated heterocycles. The third-order valence-corrected chi connectivity index (χ3v) is 4.07. The topological polar surface area (TPSA) is 88.0 Å². The van der Waals surface area contributed by atoms with Gasteiger partial charge in [0.1, 0.15) is 12.4 Å². The summed E-state index contributed by atoms with van der Waals surface area (Å²) < 4.78 is 0. The maximum Gasteiger partial charge on any atom is 0.221 e. The van der Waals surface area contributed by atoms with Crippen molar-refractivity contribution < 1.29 is 19.5 Å². The third kappa shape index (κ3) is 4.68. The van der Waals surface area contributed by atoms with Crippen LogP contribution < -0.4 is 5.32 Å². The van der Waals surface area contributed by atoms with Crippen LogP contribution in [0, 0.1) is 0 Å². The number of hydrogen-bond donors (Lipinski definition) is 2. The van der Waals surface area contributed by atoms with Gasteiger partial charge in [0.15, 0.2) is 5.78 Å². The Labute approximate surface area is 147 Å². The fourth-order valence-corrected chi connectivity index (χ4v) is 2.93. The van der Waals surface area contributed by atoms with Crippen molar-refractivity contribution in [3.8, 4) is 0 Å². The summed E-state index contributed by atoms with van der Waals surface area (Å²) in [6, 6.07) is 7.34. The summed E-state index contributed by atoms with van der Waals surface area (Å²) in [4.78, 5) is 28.7. The summed E-state index contributed by atoms with van der Waals surface area (Å²) in [6.45, 7) is 5.55. The number of nitrogens with one attached hydrogen (secondary N) is 1. The maximum absolute atomic E-state index is 12.6. The van der Waals surface area contributed by atoms with Crippen LogP contribution in [-0.2, 0) is 14.4 Å². The predicted molar refractivity (Wildman–Crippen MR) is 96.7 cm³/mol. The Balaban J connectivity index is 2.20. The van der Waals surface area contributed by atoms with Gasteiger partial charge in [-0.2, -0.15) is 0 Å². The highest BCUT2D eigenvalue weighted by molar-refractivity contribution is 6.23. The van der Waals surface area contributed by atoms with E-state index in [0.29, 0.717) is 42.8 Å². The fraction of sp³-hybridized carbons (Fsp3) is 0.421. The lowest BCUT2D eigenvalue weighted by molar-refractivity contribution is -0.116. The number of aliphatic hydroxyl groups excluding tert-OH is 1. The summed E-state index contributed by atoms with van der Waals surface area (Å²) in [7, 11) is 0. The van der Waals surface area contributed by atoms with Crippen molar-refractivity contribution in [3.05, 3.63) is 41.2 Å². The molecule has 6 heteroatoms. The van der Waals surface area contributed by atoms with Crippen molar-refractivity contribution in [3.63, 3.8) is 0 Å². The lowest BCUT2D eigenvalue weighted by Crippen LogP contribution is -2.23. The van der Waals surface area contributed by atoms with Crippen LogP contribution in [0.25, 0.3) is 0 Å². The zero-order chi connectivity index (χ0) is 18.4. The number of benzene rings is 1. The average molecular weight is 344 g/mol. The van der Waals surface area contributed by atoms with Gasteiger partial charge in [-0.1, -0.05) is 24.2 Å². The van der Waals surface area contributed by atoms with E-state index in [9.17, 15) is 14.7 Å². The Bertz CT molecular complexity index is 705. The van der Waals surface area contributed by atoms with E-state index in [-0.39, 0.29) is 23.4 Å². The summed E-state index contributed by atoms with van der Waals surface area (Å²) in [5, 5.41) is 17.1. The van der Waals surface area contributed by atoms with Crippen LogP contribution in [0.4, 0.5) is 5.69 Å². The molecule has 6 nitrogen and oxygen atoms in total. The Kier molecular flexibility index (Phi) is 6.33. The molecule has 0 bridgehead atoms. The van der Waals surface area contributed by atoms with E-state index in [1.54, 1.807) is 12.1 Å². The van der Waals surface area contributed by atoms with Crippen molar-refractivity contribution in [2.75, 3.05) is 11.9 Å². The number of aliphatic hydroxyl groups is 1. The van der Waals surface area contributed by atoms with E-state index < -0.39 is 0 Å². The van der Waals surface area contributed by atoms with Crippen molar-refractivity contribution in [2.45, 2.75) is 46.0 Å². The second kappa shape index (κ2) is 8.46. The number of allylic oxidation sites excluding steroid dienone is 2. The number of Topliss-reactive ketones (excluding diaryl/α,β-unsaturated/α-hetero) is 1. The first kappa shape index (κ1) is 18.7. The second-order valence-electron chi connectivity index (χ2n) is 5.96. The Morgan fingerprint density at radius 3 is 2.48 bits per heavy atom. The fourth-order valence-electron chi connectivity index (χ4n) is 2.93. The summed E-state index contributed by atoms with van der Waals surface area (Å²) in [5.41, 5.74) is 2.44. The minimum absolute atomic E-state index is 0.0625. The van der Waals surface area contributed by atoms with Crippen LogP contribution in [0.1, 0.15) is 51.5 Å². The van der Waals surface area contributed by atoms with Crippen LogP contribution in [0.2, 0.25) is 0 Å². The standard InChI is InChI=1S/C19H24N2O4/c1-4-16(21-25-5-2)19-17(23)10-14(11-18(19)24)13-6-8-15(9-7-13)20-12(3)22/h6-9,14,23H,4-5,10-11H2,1-3H3,(H,20,22). The normalized spacial score (nSPS) is 18.3. The van der Waals surface area contributed by atoms with Crippen molar-refractivity contribution in [2.24, 2.45) is 5.16 Å². The molecule has 0 aliphatic heterocycles. The van der Waals surface area contributed by atoms with Crippen molar-refractivity contribution >= 4 is 23.1 Å². The Morgan fingerprint density at radius 2 is 1.96 bits per heavy atom. The number of hydrogen-bond acceptors (Lipinski definition) is 5. The molecule has 134 valence electrons. The van der Waals surface area contributed by atoms with Gasteiger partial charge in [-0.25, -0.2) is 0 Å². The summed E-state index contributed by atoms with van der Waals surface area (Å²) >= 11 is 0. The van der Waals surface area contributed by atoms with Crippen LogP contribution in [0.15, 0.2) is 40.8 Å². The molecule has 25 heavy (non-hydrogen) atoms. The molecule has 0 fully saturated rings. The van der Waals surface area contributed by atoms with Crippen LogP contribution in [0.5, 0.6) is 0 Å². The Hall–Kier alpha value is -2.63. The van der Waals surface area contributed by atoms with Gasteiger partial charge in [-0.3, -0.25) is 9.59 Å². The molecule has 0 heterocycles. The lowest BCUT2D eigenvalue weighted by Gasteiger charge is -2.24. The van der Waals surface area contributed by atoms with Gasteiger partial charge in [-0.15, -0.1) is 0 Å². The minimum atomic E-state index is -0.133. The summed E-state index contributed by atoms with van der Waals surface area (Å²) in [6.07, 6.45) is 1.21. The quantitative estimate of drug-likeness (QED) is 0.608. The van der Waals surface area contributed by atoms with Crippen LogP contribution in [-0.4, -0.2) is 29.1 Å². The largest absolute Gasteiger partial charge is 0.511 e. The third-order valence-electron chi connectivity index (χ3n) is 4.07. The first-order valence-electron chi connectivity index (χ1n) is 8.48. The van der Waals surface area contributed by atoms with Gasteiger partial charge >= 0.3 is 0 Å². The number of oxime groups is 1. The number of carbonyl (C=O) groups excluding carboxylic acids is 2. The van der Waals surface area contributed by atoms with Gasteiger partial charge in [0.05, 0.1) is 11.3 Å². The molecule has 2 rings (SSSR count). The molecule has 1 atom stereocenters. The molecule has 0 saturated carbocycles. The molecular weight excluding hydrogens is 320 g/mol. The highest BCUT2D eigenvalue weighted by atomic mass is 16.6. The molecule has 0 spiro atoms. The van der Waals surface area contributed by atoms with Crippen LogP contribution >= 0.6 is 0 Å². The van der Waals surface area contributed by atoms with Gasteiger partial charge < -0.3 is 15.3 Å².